The van der Waals surface area contributed by atoms with E-state index in [4.69, 9.17) is 15.2 Å². The van der Waals surface area contributed by atoms with Crippen LogP contribution in [0.2, 0.25) is 0 Å². The molecule has 0 spiro atoms. The van der Waals surface area contributed by atoms with E-state index in [9.17, 15) is 4.79 Å². The molecule has 9 heteroatoms. The molecule has 3 heterocycles. The van der Waals surface area contributed by atoms with Gasteiger partial charge in [-0.15, -0.1) is 0 Å². The van der Waals surface area contributed by atoms with Crippen LogP contribution >= 0.6 is 0 Å². The maximum atomic E-state index is 11.9. The molecule has 2 fully saturated rings. The highest BCUT2D eigenvalue weighted by atomic mass is 16.5. The standard InChI is InChI=1S/C28H34N6O3/c1-2-27(35)34-13-10-23(11-14-34)37-26-8-3-20(19-24(26)29)25-9-12-30-28(32-25)31-21-4-6-22(7-5-21)33-15-17-36-18-16-33/h3-9,12,19,23H,2,10-11,13-18,29H2,1H3,(H,30,31,32). The van der Waals surface area contributed by atoms with Crippen LogP contribution in [-0.4, -0.2) is 66.3 Å². The Labute approximate surface area is 217 Å². The first-order chi connectivity index (χ1) is 18.1. The molecule has 37 heavy (non-hydrogen) atoms. The normalized spacial score (nSPS) is 16.5. The fourth-order valence-corrected chi connectivity index (χ4v) is 4.73. The van der Waals surface area contributed by atoms with Crippen LogP contribution < -0.4 is 20.7 Å². The van der Waals surface area contributed by atoms with E-state index in [2.05, 4.69) is 32.3 Å². The van der Waals surface area contributed by atoms with Crippen LogP contribution in [0.15, 0.2) is 54.7 Å². The summed E-state index contributed by atoms with van der Waals surface area (Å²) in [4.78, 5) is 25.2. The summed E-state index contributed by atoms with van der Waals surface area (Å²) in [7, 11) is 0. The van der Waals surface area contributed by atoms with Gasteiger partial charge in [0.2, 0.25) is 11.9 Å². The summed E-state index contributed by atoms with van der Waals surface area (Å²) in [6, 6.07) is 15.9. The molecule has 1 aromatic heterocycles. The van der Waals surface area contributed by atoms with Crippen LogP contribution in [0.5, 0.6) is 5.75 Å². The molecule has 0 atom stereocenters. The molecule has 0 saturated carbocycles. The first kappa shape index (κ1) is 24.8. The number of rotatable bonds is 7. The summed E-state index contributed by atoms with van der Waals surface area (Å²) in [6.07, 6.45) is 3.95. The number of benzene rings is 2. The molecule has 0 radical (unpaired) electrons. The van der Waals surface area contributed by atoms with Gasteiger partial charge in [-0.1, -0.05) is 6.92 Å². The number of carbonyl (C=O) groups is 1. The Balaban J connectivity index is 1.21. The Morgan fingerprint density at radius 3 is 2.54 bits per heavy atom. The molecule has 9 nitrogen and oxygen atoms in total. The van der Waals surface area contributed by atoms with Crippen molar-refractivity contribution in [1.82, 2.24) is 14.9 Å². The highest BCUT2D eigenvalue weighted by molar-refractivity contribution is 5.76. The van der Waals surface area contributed by atoms with Crippen molar-refractivity contribution in [1.29, 1.82) is 0 Å². The van der Waals surface area contributed by atoms with E-state index < -0.39 is 0 Å². The average Bonchev–Trinajstić information content (AvgIpc) is 2.95. The van der Waals surface area contributed by atoms with Gasteiger partial charge >= 0.3 is 0 Å². The van der Waals surface area contributed by atoms with Crippen molar-refractivity contribution in [2.45, 2.75) is 32.3 Å². The lowest BCUT2D eigenvalue weighted by atomic mass is 10.1. The van der Waals surface area contributed by atoms with Crippen LogP contribution in [0.4, 0.5) is 23.0 Å². The molecule has 2 aliphatic heterocycles. The van der Waals surface area contributed by atoms with E-state index in [1.165, 1.54) is 5.69 Å². The van der Waals surface area contributed by atoms with Crippen molar-refractivity contribution >= 4 is 28.9 Å². The van der Waals surface area contributed by atoms with Crippen molar-refractivity contribution in [2.24, 2.45) is 0 Å². The number of hydrogen-bond donors (Lipinski definition) is 2. The van der Waals surface area contributed by atoms with Gasteiger partial charge in [0.25, 0.3) is 0 Å². The van der Waals surface area contributed by atoms with E-state index in [1.54, 1.807) is 6.20 Å². The SMILES string of the molecule is CCC(=O)N1CCC(Oc2ccc(-c3ccnc(Nc4ccc(N5CCOCC5)cc4)n3)cc2N)CC1. The van der Waals surface area contributed by atoms with Gasteiger partial charge in [-0.25, -0.2) is 9.97 Å². The number of nitrogens with two attached hydrogens (primary N) is 1. The molecule has 3 N–H and O–H groups in total. The van der Waals surface area contributed by atoms with E-state index in [0.29, 0.717) is 23.8 Å². The topological polar surface area (TPSA) is 106 Å². The van der Waals surface area contributed by atoms with Gasteiger partial charge in [-0.2, -0.15) is 0 Å². The molecule has 0 aliphatic carbocycles. The zero-order valence-electron chi connectivity index (χ0n) is 21.2. The Morgan fingerprint density at radius 2 is 1.84 bits per heavy atom. The van der Waals surface area contributed by atoms with Crippen LogP contribution in [0, 0.1) is 0 Å². The maximum absolute atomic E-state index is 11.9. The van der Waals surface area contributed by atoms with Crippen molar-refractivity contribution in [3.63, 3.8) is 0 Å². The quantitative estimate of drug-likeness (QED) is 0.466. The lowest BCUT2D eigenvalue weighted by Gasteiger charge is -2.32. The Morgan fingerprint density at radius 1 is 1.08 bits per heavy atom. The fourth-order valence-electron chi connectivity index (χ4n) is 4.73. The minimum Gasteiger partial charge on any atom is -0.488 e. The fraction of sp³-hybridized carbons (Fsp3) is 0.393. The summed E-state index contributed by atoms with van der Waals surface area (Å²) in [5.74, 6) is 1.38. The molecular formula is C28H34N6O3. The largest absolute Gasteiger partial charge is 0.488 e. The predicted octanol–water partition coefficient (Wildman–Crippen LogP) is 4.09. The third-order valence-corrected chi connectivity index (χ3v) is 6.85. The number of anilines is 4. The van der Waals surface area contributed by atoms with Gasteiger partial charge in [-0.3, -0.25) is 4.79 Å². The number of nitrogens with zero attached hydrogens (tertiary/aromatic N) is 4. The summed E-state index contributed by atoms with van der Waals surface area (Å²) in [5, 5.41) is 3.29. The molecule has 3 aromatic rings. The number of aromatic nitrogens is 2. The first-order valence-corrected chi connectivity index (χ1v) is 13.0. The average molecular weight is 503 g/mol. The third-order valence-electron chi connectivity index (χ3n) is 6.85. The number of amides is 1. The number of nitrogen functional groups attached to an aromatic ring is 1. The van der Waals surface area contributed by atoms with Crippen LogP contribution in [0.3, 0.4) is 0 Å². The minimum atomic E-state index is 0.0542. The second-order valence-electron chi connectivity index (χ2n) is 9.34. The van der Waals surface area contributed by atoms with Gasteiger partial charge in [0.05, 0.1) is 24.6 Å². The van der Waals surface area contributed by atoms with E-state index >= 15 is 0 Å². The smallest absolute Gasteiger partial charge is 0.227 e. The predicted molar refractivity (Wildman–Crippen MR) is 145 cm³/mol. The highest BCUT2D eigenvalue weighted by Crippen LogP contribution is 2.30. The van der Waals surface area contributed by atoms with Crippen LogP contribution in [0.1, 0.15) is 26.2 Å². The van der Waals surface area contributed by atoms with Gasteiger partial charge < -0.3 is 30.3 Å². The molecule has 194 valence electrons. The Hall–Kier alpha value is -3.85. The molecule has 0 bridgehead atoms. The number of piperidine rings is 1. The van der Waals surface area contributed by atoms with Gasteiger partial charge in [0.15, 0.2) is 0 Å². The lowest BCUT2D eigenvalue weighted by molar-refractivity contribution is -0.132. The highest BCUT2D eigenvalue weighted by Gasteiger charge is 2.23. The van der Waals surface area contributed by atoms with Crippen LogP contribution in [-0.2, 0) is 9.53 Å². The lowest BCUT2D eigenvalue weighted by Crippen LogP contribution is -2.41. The molecule has 1 amide bonds. The summed E-state index contributed by atoms with van der Waals surface area (Å²) >= 11 is 0. The van der Waals surface area contributed by atoms with Crippen molar-refractivity contribution < 1.29 is 14.3 Å². The second kappa shape index (κ2) is 11.5. The zero-order valence-corrected chi connectivity index (χ0v) is 21.2. The van der Waals surface area contributed by atoms with Crippen molar-refractivity contribution in [3.8, 4) is 17.0 Å². The summed E-state index contributed by atoms with van der Waals surface area (Å²) in [6.45, 7) is 6.68. The molecular weight excluding hydrogens is 468 g/mol. The molecule has 0 unspecified atom stereocenters. The van der Waals surface area contributed by atoms with E-state index in [0.717, 1.165) is 69.2 Å². The number of morpholine rings is 1. The Bertz CT molecular complexity index is 1200. The number of likely N-dealkylation sites (tertiary alicyclic amines) is 1. The minimum absolute atomic E-state index is 0.0542. The van der Waals surface area contributed by atoms with Crippen molar-refractivity contribution in [3.05, 3.63) is 54.7 Å². The monoisotopic (exact) mass is 502 g/mol. The molecule has 5 rings (SSSR count). The summed E-state index contributed by atoms with van der Waals surface area (Å²) in [5.41, 5.74) is 10.7. The van der Waals surface area contributed by atoms with E-state index in [1.807, 2.05) is 48.2 Å². The maximum Gasteiger partial charge on any atom is 0.227 e. The van der Waals surface area contributed by atoms with E-state index in [-0.39, 0.29) is 12.0 Å². The Kier molecular flexibility index (Phi) is 7.70. The third kappa shape index (κ3) is 6.11. The zero-order chi connectivity index (χ0) is 25.6. The number of ether oxygens (including phenoxy) is 2. The van der Waals surface area contributed by atoms with Crippen LogP contribution in [0.25, 0.3) is 11.3 Å². The molecule has 2 aliphatic rings. The summed E-state index contributed by atoms with van der Waals surface area (Å²) < 4.78 is 11.6. The van der Waals surface area contributed by atoms with Gasteiger partial charge in [0.1, 0.15) is 11.9 Å². The first-order valence-electron chi connectivity index (χ1n) is 13.0. The number of hydrogen-bond acceptors (Lipinski definition) is 8. The molecule has 2 aromatic carbocycles. The molecule has 2 saturated heterocycles. The number of carbonyl (C=O) groups excluding carboxylic acids is 1. The van der Waals surface area contributed by atoms with Gasteiger partial charge in [-0.05, 0) is 48.5 Å². The van der Waals surface area contributed by atoms with Crippen molar-refractivity contribution in [2.75, 3.05) is 55.3 Å². The second-order valence-corrected chi connectivity index (χ2v) is 9.34. The van der Waals surface area contributed by atoms with Gasteiger partial charge in [0, 0.05) is 68.6 Å². The number of nitrogens with one attached hydrogen (secondary N) is 1.